The molecule has 0 aromatic heterocycles. The average Bonchev–Trinajstić information content (AvgIpc) is 2.97. The van der Waals surface area contributed by atoms with Crippen LogP contribution in [0.25, 0.3) is 0 Å². The predicted octanol–water partition coefficient (Wildman–Crippen LogP) is 4.13. The molecule has 2 aliphatic rings. The second-order valence-electron chi connectivity index (χ2n) is 10.6. The average molecular weight is 654 g/mol. The van der Waals surface area contributed by atoms with E-state index >= 15 is 0 Å². The van der Waals surface area contributed by atoms with Gasteiger partial charge in [0.2, 0.25) is 6.79 Å². The van der Waals surface area contributed by atoms with Gasteiger partial charge in [-0.15, -0.1) is 12.4 Å². The minimum absolute atomic E-state index is 0. The number of amides is 1. The largest absolute Gasteiger partial charge is 0.460 e. The summed E-state index contributed by atoms with van der Waals surface area (Å²) < 4.78 is 26.3. The van der Waals surface area contributed by atoms with Gasteiger partial charge in [-0.1, -0.05) is 12.1 Å². The highest BCUT2D eigenvalue weighted by atomic mass is 35.5. The number of nitro groups is 1. The van der Waals surface area contributed by atoms with Crippen LogP contribution in [0, 0.1) is 16.0 Å². The van der Waals surface area contributed by atoms with Gasteiger partial charge in [-0.25, -0.2) is 14.4 Å². The van der Waals surface area contributed by atoms with Gasteiger partial charge < -0.3 is 29.0 Å². The third-order valence-electron chi connectivity index (χ3n) is 7.24. The molecule has 0 radical (unpaired) electrons. The van der Waals surface area contributed by atoms with Crippen molar-refractivity contribution in [3.8, 4) is 0 Å². The molecule has 2 aliphatic heterocycles. The minimum atomic E-state index is -1.19. The first-order valence-electron chi connectivity index (χ1n) is 14.3. The van der Waals surface area contributed by atoms with E-state index in [4.69, 9.17) is 23.7 Å². The molecule has 2 heterocycles. The summed E-state index contributed by atoms with van der Waals surface area (Å²) in [6, 6.07) is 5.47. The van der Waals surface area contributed by atoms with E-state index in [1.807, 2.05) is 0 Å². The molecule has 1 atom stereocenters. The highest BCUT2D eigenvalue weighted by Gasteiger charge is 2.43. The van der Waals surface area contributed by atoms with Gasteiger partial charge >= 0.3 is 24.0 Å². The summed E-state index contributed by atoms with van der Waals surface area (Å²) in [5.41, 5.74) is -0.189. The van der Waals surface area contributed by atoms with Crippen molar-refractivity contribution in [2.45, 2.75) is 59.0 Å². The second kappa shape index (κ2) is 17.5. The standard InChI is InChI=1S/C30H39N3O11.ClH/c1-18(2)44-29(36)26-20(4)32(30(37)43-17-42-24(34)15-21-9-11-31-12-10-21)19(3)25(28(35)41-14-13-40-5)27(26)22-7-6-8-23(16-22)33(38)39;/h6-8,16,18,21,27,31H,9-15,17H2,1-5H3;1H. The summed E-state index contributed by atoms with van der Waals surface area (Å²) in [6.45, 7) is 7.05. The molecule has 14 nitrogen and oxygen atoms in total. The molecule has 1 N–H and O–H groups in total. The third-order valence-corrected chi connectivity index (χ3v) is 7.24. The van der Waals surface area contributed by atoms with Crippen molar-refractivity contribution in [2.24, 2.45) is 5.92 Å². The molecule has 0 aliphatic carbocycles. The molecule has 1 amide bonds. The lowest BCUT2D eigenvalue weighted by Crippen LogP contribution is -2.39. The number of piperidine rings is 1. The molecule has 15 heteroatoms. The minimum Gasteiger partial charge on any atom is -0.460 e. The Morgan fingerprint density at radius 1 is 1.00 bits per heavy atom. The smallest absolute Gasteiger partial charge is 0.421 e. The fourth-order valence-corrected chi connectivity index (χ4v) is 5.17. The number of carbonyl (C=O) groups excluding carboxylic acids is 4. The van der Waals surface area contributed by atoms with E-state index in [0.717, 1.165) is 30.8 Å². The Morgan fingerprint density at radius 2 is 1.64 bits per heavy atom. The van der Waals surface area contributed by atoms with Gasteiger partial charge in [-0.05, 0) is 65.1 Å². The molecule has 1 unspecified atom stereocenters. The molecule has 1 aromatic rings. The van der Waals surface area contributed by atoms with Gasteiger partial charge in [0.15, 0.2) is 0 Å². The Kier molecular flexibility index (Phi) is 14.4. The number of nitrogens with zero attached hydrogens (tertiary/aromatic N) is 2. The van der Waals surface area contributed by atoms with Crippen LogP contribution < -0.4 is 5.32 Å². The summed E-state index contributed by atoms with van der Waals surface area (Å²) in [5.74, 6) is -3.27. The normalized spacial score (nSPS) is 17.0. The first-order chi connectivity index (χ1) is 21.0. The zero-order valence-electron chi connectivity index (χ0n) is 26.0. The van der Waals surface area contributed by atoms with Crippen LogP contribution in [0.4, 0.5) is 10.5 Å². The second-order valence-corrected chi connectivity index (χ2v) is 10.6. The molecule has 0 saturated carbocycles. The number of nitro benzene ring substituents is 1. The highest BCUT2D eigenvalue weighted by Crippen LogP contribution is 2.44. The number of benzene rings is 1. The van der Waals surface area contributed by atoms with E-state index in [0.29, 0.717) is 0 Å². The molecule has 0 spiro atoms. The van der Waals surface area contributed by atoms with Crippen LogP contribution in [-0.4, -0.2) is 80.1 Å². The van der Waals surface area contributed by atoms with E-state index in [-0.39, 0.29) is 71.8 Å². The van der Waals surface area contributed by atoms with Crippen LogP contribution in [0.15, 0.2) is 46.8 Å². The summed E-state index contributed by atoms with van der Waals surface area (Å²) in [4.78, 5) is 64.9. The summed E-state index contributed by atoms with van der Waals surface area (Å²) in [6.07, 6.45) is 0.262. The first kappa shape index (κ1) is 37.2. The zero-order valence-corrected chi connectivity index (χ0v) is 26.8. The third kappa shape index (κ3) is 9.74. The number of non-ortho nitro benzene ring substituents is 1. The molecular weight excluding hydrogens is 614 g/mol. The van der Waals surface area contributed by atoms with Gasteiger partial charge in [-0.2, -0.15) is 0 Å². The monoisotopic (exact) mass is 653 g/mol. The number of methoxy groups -OCH3 is 1. The van der Waals surface area contributed by atoms with Crippen molar-refractivity contribution in [1.82, 2.24) is 10.2 Å². The maximum Gasteiger partial charge on any atom is 0.421 e. The number of esters is 3. The van der Waals surface area contributed by atoms with Gasteiger partial charge in [-0.3, -0.25) is 19.8 Å². The van der Waals surface area contributed by atoms with Crippen LogP contribution >= 0.6 is 12.4 Å². The Balaban J connectivity index is 0.00000705. The van der Waals surface area contributed by atoms with Crippen molar-refractivity contribution < 1.29 is 47.8 Å². The van der Waals surface area contributed by atoms with E-state index in [1.54, 1.807) is 13.8 Å². The van der Waals surface area contributed by atoms with Crippen molar-refractivity contribution in [3.63, 3.8) is 0 Å². The molecule has 1 fully saturated rings. The van der Waals surface area contributed by atoms with Gasteiger partial charge in [0.25, 0.3) is 5.69 Å². The molecule has 3 rings (SSSR count). The van der Waals surface area contributed by atoms with Crippen molar-refractivity contribution in [2.75, 3.05) is 40.2 Å². The van der Waals surface area contributed by atoms with E-state index in [9.17, 15) is 29.3 Å². The van der Waals surface area contributed by atoms with Crippen molar-refractivity contribution in [3.05, 3.63) is 62.5 Å². The van der Waals surface area contributed by atoms with Gasteiger partial charge in [0.05, 0.1) is 34.7 Å². The number of ether oxygens (including phenoxy) is 5. The summed E-state index contributed by atoms with van der Waals surface area (Å²) in [5, 5.41) is 14.8. The summed E-state index contributed by atoms with van der Waals surface area (Å²) >= 11 is 0. The fraction of sp³-hybridized carbons (Fsp3) is 0.533. The SMILES string of the molecule is COCCOC(=O)C1=C(C)N(C(=O)OCOC(=O)CC2CCNCC2)C(C)=C(C(=O)OC(C)C)C1c1cccc([N+](=O)[O-])c1.Cl. The van der Waals surface area contributed by atoms with Crippen LogP contribution in [0.3, 0.4) is 0 Å². The summed E-state index contributed by atoms with van der Waals surface area (Å²) in [7, 11) is 1.42. The van der Waals surface area contributed by atoms with E-state index in [1.165, 1.54) is 45.2 Å². The van der Waals surface area contributed by atoms with Gasteiger partial charge in [0, 0.05) is 37.1 Å². The maximum atomic E-state index is 13.6. The first-order valence-corrected chi connectivity index (χ1v) is 14.3. The van der Waals surface area contributed by atoms with Crippen molar-refractivity contribution in [1.29, 1.82) is 0 Å². The van der Waals surface area contributed by atoms with Crippen LogP contribution in [0.5, 0.6) is 0 Å². The number of nitrogens with one attached hydrogen (secondary N) is 1. The fourth-order valence-electron chi connectivity index (χ4n) is 5.17. The maximum absolute atomic E-state index is 13.6. The Hall–Kier alpha value is -4.01. The molecule has 0 bridgehead atoms. The Labute approximate surface area is 267 Å². The molecular formula is C30H40ClN3O11. The predicted molar refractivity (Wildman–Crippen MR) is 162 cm³/mol. The van der Waals surface area contributed by atoms with Crippen LogP contribution in [-0.2, 0) is 38.1 Å². The lowest BCUT2D eigenvalue weighted by Gasteiger charge is -2.36. The highest BCUT2D eigenvalue weighted by molar-refractivity contribution is 6.01. The van der Waals surface area contributed by atoms with Crippen LogP contribution in [0.1, 0.15) is 58.4 Å². The topological polar surface area (TPSA) is 173 Å². The number of carbonyl (C=O) groups is 4. The lowest BCUT2D eigenvalue weighted by molar-refractivity contribution is -0.384. The Morgan fingerprint density at radius 3 is 2.24 bits per heavy atom. The molecule has 45 heavy (non-hydrogen) atoms. The number of rotatable bonds is 12. The van der Waals surface area contributed by atoms with Crippen LogP contribution in [0.2, 0.25) is 0 Å². The number of hydrogen-bond acceptors (Lipinski definition) is 12. The number of halogens is 1. The quantitative estimate of drug-likeness (QED) is 0.0855. The zero-order chi connectivity index (χ0) is 32.4. The van der Waals surface area contributed by atoms with E-state index < -0.39 is 47.7 Å². The molecule has 1 saturated heterocycles. The lowest BCUT2D eigenvalue weighted by atomic mass is 9.79. The number of hydrogen-bond donors (Lipinski definition) is 1. The van der Waals surface area contributed by atoms with E-state index in [2.05, 4.69) is 5.32 Å². The molecule has 1 aromatic carbocycles. The van der Waals surface area contributed by atoms with Gasteiger partial charge in [0.1, 0.15) is 6.61 Å². The van der Waals surface area contributed by atoms with Crippen molar-refractivity contribution >= 4 is 42.1 Å². The molecule has 248 valence electrons. The Bertz CT molecular complexity index is 1320. The number of allylic oxidation sites excluding steroid dienone is 2.